The summed E-state index contributed by atoms with van der Waals surface area (Å²) in [5, 5.41) is 0. The van der Waals surface area contributed by atoms with E-state index in [0.29, 0.717) is 23.3 Å². The minimum atomic E-state index is -0.345. The molecule has 0 spiro atoms. The Morgan fingerprint density at radius 2 is 2.15 bits per heavy atom. The van der Waals surface area contributed by atoms with Crippen molar-refractivity contribution in [3.8, 4) is 5.75 Å². The van der Waals surface area contributed by atoms with Crippen LogP contribution in [0.2, 0.25) is 0 Å². The number of rotatable bonds is 5. The molecule has 3 atom stereocenters. The third-order valence-corrected chi connectivity index (χ3v) is 8.26. The van der Waals surface area contributed by atoms with Crippen molar-refractivity contribution in [3.63, 3.8) is 0 Å². The maximum Gasteiger partial charge on any atom is 0.345 e. The number of aromatic nitrogens is 1. The molecule has 1 aromatic carbocycles. The summed E-state index contributed by atoms with van der Waals surface area (Å²) in [5.41, 5.74) is 3.57. The number of fused-ring (bicyclic) bond motifs is 1. The smallest absolute Gasteiger partial charge is 0.345 e. The van der Waals surface area contributed by atoms with Gasteiger partial charge in [0.2, 0.25) is 0 Å². The first-order valence-corrected chi connectivity index (χ1v) is 12.2. The number of ether oxygens (including phenoxy) is 1. The summed E-state index contributed by atoms with van der Waals surface area (Å²) >= 11 is 0. The Balaban J connectivity index is 1.28. The zero-order valence-corrected chi connectivity index (χ0v) is 18.9. The minimum absolute atomic E-state index is 0.217. The average Bonchev–Trinajstić information content (AvgIpc) is 3.38. The van der Waals surface area contributed by atoms with E-state index < -0.39 is 0 Å². The number of nitrogens with zero attached hydrogens (tertiary/aromatic N) is 2. The Bertz CT molecular complexity index is 1130. The van der Waals surface area contributed by atoms with Crippen molar-refractivity contribution >= 4 is 5.97 Å². The molecule has 2 aliphatic carbocycles. The number of carbonyl (C=O) groups is 1. The Kier molecular flexibility index (Phi) is 5.30. The molecule has 2 bridgehead atoms. The van der Waals surface area contributed by atoms with Crippen LogP contribution in [0.1, 0.15) is 59.3 Å². The molecule has 0 N–H and O–H groups in total. The molecule has 3 heterocycles. The van der Waals surface area contributed by atoms with Crippen LogP contribution < -0.4 is 4.74 Å². The van der Waals surface area contributed by atoms with Gasteiger partial charge in [0.05, 0.1) is 11.8 Å². The van der Waals surface area contributed by atoms with Crippen LogP contribution >= 0.6 is 0 Å². The van der Waals surface area contributed by atoms with Gasteiger partial charge in [-0.3, -0.25) is 9.88 Å². The number of piperidine rings is 1. The molecule has 0 amide bonds. The third-order valence-electron chi connectivity index (χ3n) is 8.26. The van der Waals surface area contributed by atoms with Crippen molar-refractivity contribution in [2.75, 3.05) is 13.1 Å². The van der Waals surface area contributed by atoms with Crippen LogP contribution in [0, 0.1) is 5.92 Å². The lowest BCUT2D eigenvalue weighted by Crippen LogP contribution is -2.61. The monoisotopic (exact) mass is 442 g/mol. The van der Waals surface area contributed by atoms with E-state index in [1.54, 1.807) is 30.8 Å². The van der Waals surface area contributed by atoms with Crippen molar-refractivity contribution in [1.29, 1.82) is 0 Å². The van der Waals surface area contributed by atoms with E-state index in [-0.39, 0.29) is 11.4 Å². The largest absolute Gasteiger partial charge is 0.469 e. The fraction of sp³-hybridized carbons (Fsp3) is 0.429. The minimum Gasteiger partial charge on any atom is -0.469 e. The predicted octanol–water partition coefficient (Wildman–Crippen LogP) is 5.19. The Labute approximate surface area is 194 Å². The van der Waals surface area contributed by atoms with E-state index in [1.807, 2.05) is 12.1 Å². The second-order valence-electron chi connectivity index (χ2n) is 9.85. The normalized spacial score (nSPS) is 26.3. The molecule has 170 valence electrons. The number of esters is 1. The highest BCUT2D eigenvalue weighted by Crippen LogP contribution is 2.56. The first-order valence-electron chi connectivity index (χ1n) is 12.2. The van der Waals surface area contributed by atoms with Gasteiger partial charge in [0.25, 0.3) is 0 Å². The number of furan rings is 1. The molecule has 0 unspecified atom stereocenters. The second-order valence-corrected chi connectivity index (χ2v) is 9.85. The molecule has 33 heavy (non-hydrogen) atoms. The van der Waals surface area contributed by atoms with Crippen molar-refractivity contribution in [2.45, 2.75) is 56.4 Å². The molecule has 2 fully saturated rings. The van der Waals surface area contributed by atoms with Gasteiger partial charge < -0.3 is 9.15 Å². The SMILES string of the molecule is O=C(Oc1ccc2c(c1)[C@]13CCCC[C@H]1[C@H](C2)N(CCc1ccco1)CC3)c1cccnc1. The van der Waals surface area contributed by atoms with Crippen molar-refractivity contribution in [3.05, 3.63) is 83.6 Å². The van der Waals surface area contributed by atoms with Crippen LogP contribution in [0.3, 0.4) is 0 Å². The number of hydrogen-bond acceptors (Lipinski definition) is 5. The molecule has 3 aromatic rings. The Hall–Kier alpha value is -2.92. The third kappa shape index (κ3) is 3.68. The average molecular weight is 443 g/mol. The maximum absolute atomic E-state index is 12.6. The summed E-state index contributed by atoms with van der Waals surface area (Å²) in [5.74, 6) is 2.06. The standard InChI is InChI=1S/C28H30N2O3/c31-27(21-5-3-13-29-19-21)33-23-9-8-20-17-26-24-7-1-2-11-28(24,25(20)18-23)12-15-30(26)14-10-22-6-4-16-32-22/h3-6,8-9,13,16,18-19,24,26H,1-2,7,10-12,14-15,17H2/t24-,26-,28-/m0/s1. The fourth-order valence-corrected chi connectivity index (χ4v) is 6.76. The highest BCUT2D eigenvalue weighted by atomic mass is 16.5. The number of benzene rings is 1. The van der Waals surface area contributed by atoms with E-state index in [9.17, 15) is 4.79 Å². The topological polar surface area (TPSA) is 55.6 Å². The predicted molar refractivity (Wildman–Crippen MR) is 125 cm³/mol. The van der Waals surface area contributed by atoms with E-state index in [0.717, 1.165) is 31.7 Å². The summed E-state index contributed by atoms with van der Waals surface area (Å²) in [7, 11) is 0. The quantitative estimate of drug-likeness (QED) is 0.402. The van der Waals surface area contributed by atoms with Gasteiger partial charge in [-0.2, -0.15) is 0 Å². The van der Waals surface area contributed by atoms with Gasteiger partial charge in [0, 0.05) is 36.8 Å². The van der Waals surface area contributed by atoms with E-state index in [4.69, 9.17) is 9.15 Å². The van der Waals surface area contributed by atoms with Crippen LogP contribution in [-0.2, 0) is 18.3 Å². The van der Waals surface area contributed by atoms with Gasteiger partial charge in [0.15, 0.2) is 0 Å². The summed E-state index contributed by atoms with van der Waals surface area (Å²) in [6.45, 7) is 2.18. The second kappa shape index (κ2) is 8.45. The molecule has 1 saturated carbocycles. The number of hydrogen-bond donors (Lipinski definition) is 0. The van der Waals surface area contributed by atoms with Crippen molar-refractivity contribution < 1.29 is 13.9 Å². The van der Waals surface area contributed by atoms with Gasteiger partial charge in [0.1, 0.15) is 11.5 Å². The van der Waals surface area contributed by atoms with Gasteiger partial charge in [-0.05, 0) is 85.7 Å². The molecule has 6 rings (SSSR count). The molecule has 2 aromatic heterocycles. The molecule has 3 aliphatic rings. The highest BCUT2D eigenvalue weighted by molar-refractivity contribution is 5.90. The van der Waals surface area contributed by atoms with Crippen LogP contribution in [0.4, 0.5) is 0 Å². The maximum atomic E-state index is 12.6. The lowest BCUT2D eigenvalue weighted by Gasteiger charge is -2.59. The van der Waals surface area contributed by atoms with Gasteiger partial charge in [-0.25, -0.2) is 4.79 Å². The first-order chi connectivity index (χ1) is 16.2. The Morgan fingerprint density at radius 3 is 3.00 bits per heavy atom. The van der Waals surface area contributed by atoms with E-state index >= 15 is 0 Å². The number of carbonyl (C=O) groups excluding carboxylic acids is 1. The van der Waals surface area contributed by atoms with Gasteiger partial charge >= 0.3 is 5.97 Å². The lowest BCUT2D eigenvalue weighted by atomic mass is 9.52. The molecule has 1 aliphatic heterocycles. The summed E-state index contributed by atoms with van der Waals surface area (Å²) in [6.07, 6.45) is 13.4. The summed E-state index contributed by atoms with van der Waals surface area (Å²) in [4.78, 5) is 19.4. The summed E-state index contributed by atoms with van der Waals surface area (Å²) in [6, 6.07) is 14.5. The van der Waals surface area contributed by atoms with Crippen LogP contribution in [-0.4, -0.2) is 35.0 Å². The van der Waals surface area contributed by atoms with Gasteiger partial charge in [-0.1, -0.05) is 18.9 Å². The molecular formula is C28H30N2O3. The zero-order chi connectivity index (χ0) is 22.3. The van der Waals surface area contributed by atoms with E-state index in [2.05, 4.69) is 28.1 Å². The fourth-order valence-electron chi connectivity index (χ4n) is 6.76. The van der Waals surface area contributed by atoms with Gasteiger partial charge in [-0.15, -0.1) is 0 Å². The first kappa shape index (κ1) is 20.7. The van der Waals surface area contributed by atoms with Crippen molar-refractivity contribution in [1.82, 2.24) is 9.88 Å². The van der Waals surface area contributed by atoms with Crippen molar-refractivity contribution in [2.24, 2.45) is 5.92 Å². The highest BCUT2D eigenvalue weighted by Gasteiger charge is 2.53. The molecule has 0 radical (unpaired) electrons. The molecular weight excluding hydrogens is 412 g/mol. The van der Waals surface area contributed by atoms with Crippen LogP contribution in [0.25, 0.3) is 0 Å². The van der Waals surface area contributed by atoms with E-state index in [1.165, 1.54) is 43.2 Å². The molecule has 5 heteroatoms. The van der Waals surface area contributed by atoms with Crippen LogP contribution in [0.15, 0.2) is 65.5 Å². The summed E-state index contributed by atoms with van der Waals surface area (Å²) < 4.78 is 11.4. The Morgan fingerprint density at radius 1 is 1.18 bits per heavy atom. The molecule has 5 nitrogen and oxygen atoms in total. The molecule has 1 saturated heterocycles. The lowest BCUT2D eigenvalue weighted by molar-refractivity contribution is -0.0112. The zero-order valence-electron chi connectivity index (χ0n) is 18.9. The number of pyridine rings is 1. The number of likely N-dealkylation sites (tertiary alicyclic amines) is 1. The van der Waals surface area contributed by atoms with Crippen LogP contribution in [0.5, 0.6) is 5.75 Å².